The van der Waals surface area contributed by atoms with Crippen molar-refractivity contribution in [1.82, 2.24) is 0 Å². The molecule has 1 atom stereocenters. The van der Waals surface area contributed by atoms with Crippen LogP contribution < -0.4 is 0 Å². The zero-order valence-electron chi connectivity index (χ0n) is 12.4. The van der Waals surface area contributed by atoms with E-state index in [-0.39, 0.29) is 12.8 Å². The van der Waals surface area contributed by atoms with Gasteiger partial charge in [0, 0.05) is 0 Å². The third-order valence-electron chi connectivity index (χ3n) is 3.57. The van der Waals surface area contributed by atoms with Crippen LogP contribution in [0.15, 0.2) is 0 Å². The van der Waals surface area contributed by atoms with Gasteiger partial charge in [0.25, 0.3) is 10.1 Å². The molecule has 0 spiro atoms. The van der Waals surface area contributed by atoms with Gasteiger partial charge in [-0.15, -0.1) is 0 Å². The molecular formula is C14H30O4S. The number of unbranched alkanes of at least 4 members (excludes halogenated alkanes) is 7. The van der Waals surface area contributed by atoms with E-state index in [9.17, 15) is 18.1 Å². The van der Waals surface area contributed by atoms with Crippen LogP contribution >= 0.6 is 0 Å². The molecule has 0 fully saturated rings. The molecule has 2 N–H and O–H groups in total. The van der Waals surface area contributed by atoms with Gasteiger partial charge in [-0.2, -0.15) is 8.42 Å². The Labute approximate surface area is 118 Å². The van der Waals surface area contributed by atoms with E-state index in [1.807, 2.05) is 6.92 Å². The zero-order chi connectivity index (χ0) is 14.8. The van der Waals surface area contributed by atoms with Crippen molar-refractivity contribution in [3.8, 4) is 0 Å². The van der Waals surface area contributed by atoms with Gasteiger partial charge in [-0.1, -0.05) is 58.8 Å². The van der Waals surface area contributed by atoms with Gasteiger partial charge in [0.05, 0.1) is 0 Å². The highest BCUT2D eigenvalue weighted by molar-refractivity contribution is 7.87. The normalized spacial score (nSPS) is 15.4. The van der Waals surface area contributed by atoms with E-state index in [0.717, 1.165) is 32.1 Å². The molecule has 0 saturated heterocycles. The first-order valence-corrected chi connectivity index (χ1v) is 9.01. The summed E-state index contributed by atoms with van der Waals surface area (Å²) in [7, 11) is -4.39. The van der Waals surface area contributed by atoms with Gasteiger partial charge in [0.1, 0.15) is 0 Å². The number of rotatable bonds is 12. The van der Waals surface area contributed by atoms with Crippen molar-refractivity contribution in [2.45, 2.75) is 89.4 Å². The lowest BCUT2D eigenvalue weighted by molar-refractivity contribution is 0.0886. The Bertz CT molecular complexity index is 313. The lowest BCUT2D eigenvalue weighted by atomic mass is 10.0. The summed E-state index contributed by atoms with van der Waals surface area (Å²) in [6, 6.07) is 0. The Morgan fingerprint density at radius 2 is 1.16 bits per heavy atom. The van der Waals surface area contributed by atoms with Gasteiger partial charge in [-0.3, -0.25) is 4.55 Å². The first-order chi connectivity index (χ1) is 8.87. The van der Waals surface area contributed by atoms with Crippen molar-refractivity contribution < 1.29 is 18.1 Å². The topological polar surface area (TPSA) is 74.6 Å². The van der Waals surface area contributed by atoms with Crippen LogP contribution in [-0.4, -0.2) is 23.0 Å². The second kappa shape index (κ2) is 9.72. The van der Waals surface area contributed by atoms with Gasteiger partial charge in [0.2, 0.25) is 0 Å². The van der Waals surface area contributed by atoms with Crippen LogP contribution in [0, 0.1) is 0 Å². The summed E-state index contributed by atoms with van der Waals surface area (Å²) in [6.45, 7) is 4.16. The molecule has 0 amide bonds. The Morgan fingerprint density at radius 3 is 1.63 bits per heavy atom. The van der Waals surface area contributed by atoms with Crippen LogP contribution in [0.1, 0.15) is 84.5 Å². The minimum Gasteiger partial charge on any atom is -0.372 e. The van der Waals surface area contributed by atoms with E-state index in [1.165, 1.54) is 12.8 Å². The van der Waals surface area contributed by atoms with E-state index in [1.54, 1.807) is 0 Å². The molecule has 4 nitrogen and oxygen atoms in total. The van der Waals surface area contributed by atoms with Crippen LogP contribution in [0.25, 0.3) is 0 Å². The molecule has 0 aromatic carbocycles. The summed E-state index contributed by atoms with van der Waals surface area (Å²) in [6.07, 6.45) is 8.86. The third kappa shape index (κ3) is 7.90. The molecule has 0 aliphatic heterocycles. The average Bonchev–Trinajstić information content (AvgIpc) is 2.32. The molecule has 0 aliphatic rings. The molecule has 0 aromatic rings. The molecule has 0 heterocycles. The van der Waals surface area contributed by atoms with Gasteiger partial charge >= 0.3 is 0 Å². The SMILES string of the molecule is CCCCCCCCC(O)(CCCCC)S(=O)(=O)O. The Kier molecular flexibility index (Phi) is 9.66. The quantitative estimate of drug-likeness (QED) is 0.423. The standard InChI is InChI=1S/C14H30O4S/c1-3-5-7-8-9-11-13-14(15,19(16,17)18)12-10-6-4-2/h15H,3-13H2,1-2H3,(H,16,17,18). The predicted molar refractivity (Wildman–Crippen MR) is 78.6 cm³/mol. The van der Waals surface area contributed by atoms with E-state index < -0.39 is 15.1 Å². The lowest BCUT2D eigenvalue weighted by Gasteiger charge is -2.24. The molecule has 5 heteroatoms. The van der Waals surface area contributed by atoms with Gasteiger partial charge < -0.3 is 5.11 Å². The average molecular weight is 294 g/mol. The highest BCUT2D eigenvalue weighted by Gasteiger charge is 2.39. The molecule has 0 saturated carbocycles. The Hall–Kier alpha value is -0.130. The molecule has 0 aliphatic carbocycles. The van der Waals surface area contributed by atoms with Crippen LogP contribution in [0.2, 0.25) is 0 Å². The van der Waals surface area contributed by atoms with E-state index >= 15 is 0 Å². The fraction of sp³-hybridized carbons (Fsp3) is 1.00. The smallest absolute Gasteiger partial charge is 0.294 e. The second-order valence-corrected chi connectivity index (χ2v) is 7.11. The molecule has 0 radical (unpaired) electrons. The summed E-state index contributed by atoms with van der Waals surface area (Å²) in [5.74, 6) is 0. The minimum absolute atomic E-state index is 0.134. The molecule has 116 valence electrons. The first kappa shape index (κ1) is 18.9. The van der Waals surface area contributed by atoms with Gasteiger partial charge in [-0.25, -0.2) is 0 Å². The highest BCUT2D eigenvalue weighted by Crippen LogP contribution is 2.27. The van der Waals surface area contributed by atoms with Crippen molar-refractivity contribution in [2.75, 3.05) is 0 Å². The minimum atomic E-state index is -4.39. The van der Waals surface area contributed by atoms with E-state index in [2.05, 4.69) is 6.92 Å². The van der Waals surface area contributed by atoms with Crippen molar-refractivity contribution in [3.63, 3.8) is 0 Å². The largest absolute Gasteiger partial charge is 0.372 e. The molecule has 0 aromatic heterocycles. The van der Waals surface area contributed by atoms with Gasteiger partial charge in [-0.05, 0) is 25.7 Å². The number of hydrogen-bond acceptors (Lipinski definition) is 3. The maximum Gasteiger partial charge on any atom is 0.294 e. The Balaban J connectivity index is 4.14. The molecule has 0 rings (SSSR count). The van der Waals surface area contributed by atoms with Crippen molar-refractivity contribution in [1.29, 1.82) is 0 Å². The third-order valence-corrected chi connectivity index (χ3v) is 4.94. The summed E-state index contributed by atoms with van der Waals surface area (Å²) in [5, 5.41) is 10.1. The van der Waals surface area contributed by atoms with Crippen LogP contribution in [0.5, 0.6) is 0 Å². The summed E-state index contributed by atoms with van der Waals surface area (Å²) in [4.78, 5) is -1.94. The summed E-state index contributed by atoms with van der Waals surface area (Å²) < 4.78 is 31.8. The maximum absolute atomic E-state index is 11.3. The first-order valence-electron chi connectivity index (χ1n) is 7.56. The molecule has 1 unspecified atom stereocenters. The number of aliphatic hydroxyl groups is 1. The highest BCUT2D eigenvalue weighted by atomic mass is 32.2. The van der Waals surface area contributed by atoms with Crippen molar-refractivity contribution in [2.24, 2.45) is 0 Å². The summed E-state index contributed by atoms with van der Waals surface area (Å²) >= 11 is 0. The fourth-order valence-corrected chi connectivity index (χ4v) is 3.02. The van der Waals surface area contributed by atoms with Gasteiger partial charge in [0.15, 0.2) is 4.93 Å². The lowest BCUT2D eigenvalue weighted by Crippen LogP contribution is -2.38. The van der Waals surface area contributed by atoms with Crippen LogP contribution in [0.4, 0.5) is 0 Å². The van der Waals surface area contributed by atoms with Crippen LogP contribution in [-0.2, 0) is 10.1 Å². The van der Waals surface area contributed by atoms with Crippen molar-refractivity contribution >= 4 is 10.1 Å². The molecular weight excluding hydrogens is 264 g/mol. The molecule has 19 heavy (non-hydrogen) atoms. The van der Waals surface area contributed by atoms with Crippen molar-refractivity contribution in [3.05, 3.63) is 0 Å². The van der Waals surface area contributed by atoms with E-state index in [0.29, 0.717) is 12.8 Å². The van der Waals surface area contributed by atoms with Crippen LogP contribution in [0.3, 0.4) is 0 Å². The molecule has 0 bridgehead atoms. The maximum atomic E-state index is 11.3. The fourth-order valence-electron chi connectivity index (χ4n) is 2.22. The predicted octanol–water partition coefficient (Wildman–Crippen LogP) is 3.89. The zero-order valence-corrected chi connectivity index (χ0v) is 13.2. The Morgan fingerprint density at radius 1 is 0.789 bits per heavy atom. The van der Waals surface area contributed by atoms with E-state index in [4.69, 9.17) is 0 Å². The monoisotopic (exact) mass is 294 g/mol. The summed E-state index contributed by atoms with van der Waals surface area (Å²) in [5.41, 5.74) is 0. The second-order valence-electron chi connectivity index (χ2n) is 5.40. The number of hydrogen-bond donors (Lipinski definition) is 2.